The van der Waals surface area contributed by atoms with Crippen LogP contribution in [0.25, 0.3) is 11.2 Å². The van der Waals surface area contributed by atoms with E-state index in [2.05, 4.69) is 32.0 Å². The molecule has 7 nitrogen and oxygen atoms in total. The van der Waals surface area contributed by atoms with Gasteiger partial charge < -0.3 is 14.4 Å². The quantitative estimate of drug-likeness (QED) is 0.498. The van der Waals surface area contributed by atoms with Crippen molar-refractivity contribution in [3.8, 4) is 0 Å². The van der Waals surface area contributed by atoms with Crippen LogP contribution in [0, 0.1) is 0 Å². The second kappa shape index (κ2) is 8.23. The normalized spacial score (nSPS) is 14.4. The van der Waals surface area contributed by atoms with Gasteiger partial charge in [0.15, 0.2) is 10.8 Å². The highest BCUT2D eigenvalue weighted by atomic mass is 32.1. The zero-order valence-corrected chi connectivity index (χ0v) is 17.3. The van der Waals surface area contributed by atoms with Crippen molar-refractivity contribution < 1.29 is 4.79 Å². The summed E-state index contributed by atoms with van der Waals surface area (Å²) < 4.78 is 2.05. The highest BCUT2D eigenvalue weighted by Gasteiger charge is 2.24. The summed E-state index contributed by atoms with van der Waals surface area (Å²) in [6.45, 7) is 3.76. The zero-order valence-electron chi connectivity index (χ0n) is 16.5. The molecule has 0 radical (unpaired) electrons. The van der Waals surface area contributed by atoms with Gasteiger partial charge in [-0.2, -0.15) is 0 Å². The molecule has 0 bridgehead atoms. The lowest BCUT2D eigenvalue weighted by Gasteiger charge is -2.34. The van der Waals surface area contributed by atoms with E-state index in [1.807, 2.05) is 51.6 Å². The lowest BCUT2D eigenvalue weighted by Crippen LogP contribution is -2.48. The molecule has 0 atom stereocenters. The van der Waals surface area contributed by atoms with Crippen molar-refractivity contribution in [2.24, 2.45) is 0 Å². The Balaban J connectivity index is 1.25. The summed E-state index contributed by atoms with van der Waals surface area (Å²) in [7, 11) is 0. The number of pyridine rings is 1. The summed E-state index contributed by atoms with van der Waals surface area (Å²) in [5.74, 6) is 0.0158. The van der Waals surface area contributed by atoms with Gasteiger partial charge in [0, 0.05) is 50.5 Å². The Labute approximate surface area is 178 Å². The maximum atomic E-state index is 13.0. The number of rotatable bonds is 5. The summed E-state index contributed by atoms with van der Waals surface area (Å²) in [5.41, 5.74) is 3.45. The Morgan fingerprint density at radius 2 is 1.87 bits per heavy atom. The van der Waals surface area contributed by atoms with Gasteiger partial charge in [0.25, 0.3) is 5.91 Å². The van der Waals surface area contributed by atoms with Gasteiger partial charge in [0.1, 0.15) is 5.52 Å². The molecule has 1 amide bonds. The number of nitrogens with zero attached hydrogens (tertiary/aromatic N) is 6. The Bertz CT molecular complexity index is 1130. The van der Waals surface area contributed by atoms with Gasteiger partial charge in [-0.3, -0.25) is 4.79 Å². The molecular formula is C22H22N6OS. The Morgan fingerprint density at radius 1 is 1.03 bits per heavy atom. The third-order valence-electron chi connectivity index (χ3n) is 5.44. The number of piperazine rings is 1. The van der Waals surface area contributed by atoms with E-state index in [1.165, 1.54) is 5.56 Å². The monoisotopic (exact) mass is 418 g/mol. The molecule has 0 saturated carbocycles. The Hall–Kier alpha value is -3.26. The minimum absolute atomic E-state index is 0.0158. The summed E-state index contributed by atoms with van der Waals surface area (Å²) in [6.07, 6.45) is 6.22. The predicted molar refractivity (Wildman–Crippen MR) is 118 cm³/mol. The second-order valence-electron chi connectivity index (χ2n) is 7.33. The predicted octanol–water partition coefficient (Wildman–Crippen LogP) is 3.09. The number of aromatic nitrogens is 4. The van der Waals surface area contributed by atoms with Gasteiger partial charge in [0.2, 0.25) is 0 Å². The number of thiazole rings is 1. The molecule has 0 aliphatic carbocycles. The highest BCUT2D eigenvalue weighted by Crippen LogP contribution is 2.20. The maximum Gasteiger partial charge on any atom is 0.255 e. The maximum absolute atomic E-state index is 13.0. The van der Waals surface area contributed by atoms with Crippen LogP contribution in [-0.2, 0) is 13.0 Å². The van der Waals surface area contributed by atoms with Gasteiger partial charge >= 0.3 is 0 Å². The van der Waals surface area contributed by atoms with E-state index >= 15 is 0 Å². The smallest absolute Gasteiger partial charge is 0.255 e. The van der Waals surface area contributed by atoms with Gasteiger partial charge in [0.05, 0.1) is 11.9 Å². The molecule has 152 valence electrons. The van der Waals surface area contributed by atoms with Crippen LogP contribution in [0.4, 0.5) is 5.13 Å². The molecule has 3 aromatic heterocycles. The fourth-order valence-corrected chi connectivity index (χ4v) is 4.48. The molecule has 1 aliphatic heterocycles. The number of carbonyl (C=O) groups excluding carboxylic acids is 1. The summed E-state index contributed by atoms with van der Waals surface area (Å²) in [4.78, 5) is 30.5. The van der Waals surface area contributed by atoms with Crippen LogP contribution in [0.3, 0.4) is 0 Å². The van der Waals surface area contributed by atoms with Crippen LogP contribution < -0.4 is 4.90 Å². The van der Waals surface area contributed by atoms with Crippen LogP contribution in [0.1, 0.15) is 15.9 Å². The molecule has 8 heteroatoms. The van der Waals surface area contributed by atoms with E-state index in [-0.39, 0.29) is 5.91 Å². The van der Waals surface area contributed by atoms with Gasteiger partial charge in [-0.05, 0) is 18.1 Å². The van der Waals surface area contributed by atoms with E-state index in [1.54, 1.807) is 17.5 Å². The number of amides is 1. The Kier molecular flexibility index (Phi) is 5.15. The average molecular weight is 419 g/mol. The van der Waals surface area contributed by atoms with Crippen LogP contribution >= 0.6 is 11.3 Å². The Morgan fingerprint density at radius 3 is 2.63 bits per heavy atom. The number of hydrogen-bond acceptors (Lipinski definition) is 6. The third-order valence-corrected chi connectivity index (χ3v) is 6.28. The first kappa shape index (κ1) is 18.7. The number of benzene rings is 1. The number of carbonyl (C=O) groups is 1. The molecule has 0 N–H and O–H groups in total. The summed E-state index contributed by atoms with van der Waals surface area (Å²) >= 11 is 1.63. The average Bonchev–Trinajstić information content (AvgIpc) is 3.48. The number of imidazole rings is 1. The molecule has 0 unspecified atom stereocenters. The first-order valence-electron chi connectivity index (χ1n) is 10.1. The lowest BCUT2D eigenvalue weighted by atomic mass is 10.1. The zero-order chi connectivity index (χ0) is 20.3. The molecule has 4 heterocycles. The lowest BCUT2D eigenvalue weighted by molar-refractivity contribution is 0.0746. The van der Waals surface area contributed by atoms with Crippen molar-refractivity contribution >= 4 is 33.5 Å². The molecule has 0 spiro atoms. The number of fused-ring (bicyclic) bond motifs is 1. The van der Waals surface area contributed by atoms with Crippen molar-refractivity contribution in [1.29, 1.82) is 0 Å². The SMILES string of the molecule is O=C(c1cnc2c(c1)ncn2CCc1ccccc1)N1CCN(c2nccs2)CC1. The van der Waals surface area contributed by atoms with E-state index in [9.17, 15) is 4.79 Å². The standard InChI is InChI=1S/C22H22N6OS/c29-21(26-9-11-27(12-10-26)22-23-7-13-30-22)18-14-19-20(24-15-18)28(16-25-19)8-6-17-4-2-1-3-5-17/h1-5,7,13-16H,6,8-12H2. The molecule has 1 fully saturated rings. The number of hydrogen-bond donors (Lipinski definition) is 0. The summed E-state index contributed by atoms with van der Waals surface area (Å²) in [5, 5.41) is 3.00. The van der Waals surface area contributed by atoms with Gasteiger partial charge in [-0.25, -0.2) is 15.0 Å². The number of aryl methyl sites for hydroxylation is 2. The van der Waals surface area contributed by atoms with Gasteiger partial charge in [-0.1, -0.05) is 30.3 Å². The van der Waals surface area contributed by atoms with Crippen LogP contribution in [0.5, 0.6) is 0 Å². The molecule has 5 rings (SSSR count). The number of anilines is 1. The largest absolute Gasteiger partial charge is 0.345 e. The molecule has 1 saturated heterocycles. The molecule has 1 aromatic carbocycles. The topological polar surface area (TPSA) is 67.2 Å². The van der Waals surface area contributed by atoms with Crippen LogP contribution in [0.15, 0.2) is 60.5 Å². The summed E-state index contributed by atoms with van der Waals surface area (Å²) in [6, 6.07) is 12.2. The van der Waals surface area contributed by atoms with Crippen LogP contribution in [0.2, 0.25) is 0 Å². The third kappa shape index (κ3) is 3.78. The van der Waals surface area contributed by atoms with E-state index in [0.29, 0.717) is 18.7 Å². The molecule has 4 aromatic rings. The van der Waals surface area contributed by atoms with E-state index < -0.39 is 0 Å². The van der Waals surface area contributed by atoms with Crippen molar-refractivity contribution in [1.82, 2.24) is 24.4 Å². The second-order valence-corrected chi connectivity index (χ2v) is 8.21. The first-order chi connectivity index (χ1) is 14.8. The fourth-order valence-electron chi connectivity index (χ4n) is 3.78. The van der Waals surface area contributed by atoms with Crippen molar-refractivity contribution in [3.05, 3.63) is 71.6 Å². The van der Waals surface area contributed by atoms with Crippen molar-refractivity contribution in [2.45, 2.75) is 13.0 Å². The first-order valence-corrected chi connectivity index (χ1v) is 10.9. The highest BCUT2D eigenvalue weighted by molar-refractivity contribution is 7.13. The van der Waals surface area contributed by atoms with E-state index in [4.69, 9.17) is 0 Å². The minimum Gasteiger partial charge on any atom is -0.345 e. The molecule has 1 aliphatic rings. The van der Waals surface area contributed by atoms with Crippen molar-refractivity contribution in [2.75, 3.05) is 31.1 Å². The van der Waals surface area contributed by atoms with Crippen molar-refractivity contribution in [3.63, 3.8) is 0 Å². The van der Waals surface area contributed by atoms with Crippen LogP contribution in [-0.4, -0.2) is 56.5 Å². The molecule has 30 heavy (non-hydrogen) atoms. The molecular weight excluding hydrogens is 396 g/mol. The fraction of sp³-hybridized carbons (Fsp3) is 0.273. The minimum atomic E-state index is 0.0158. The van der Waals surface area contributed by atoms with Gasteiger partial charge in [-0.15, -0.1) is 11.3 Å². The van der Waals surface area contributed by atoms with E-state index in [0.717, 1.165) is 42.4 Å².